The van der Waals surface area contributed by atoms with Crippen molar-refractivity contribution in [3.8, 4) is 0 Å². The molecule has 0 saturated carbocycles. The third-order valence-corrected chi connectivity index (χ3v) is 3.56. The zero-order valence-electron chi connectivity index (χ0n) is 14.7. The summed E-state index contributed by atoms with van der Waals surface area (Å²) in [5.74, 6) is -3.03. The number of carboxylic acids is 1. The Balaban J connectivity index is 5.08. The van der Waals surface area contributed by atoms with E-state index < -0.39 is 61.1 Å². The van der Waals surface area contributed by atoms with Gasteiger partial charge in [0.2, 0.25) is 5.91 Å². The van der Waals surface area contributed by atoms with Gasteiger partial charge in [-0.15, -0.1) is 0 Å². The van der Waals surface area contributed by atoms with Crippen LogP contribution in [0.25, 0.3) is 0 Å². The van der Waals surface area contributed by atoms with Gasteiger partial charge in [-0.1, -0.05) is 12.2 Å². The fourth-order valence-electron chi connectivity index (χ4n) is 1.77. The van der Waals surface area contributed by atoms with Gasteiger partial charge in [0.05, 0.1) is 25.2 Å². The van der Waals surface area contributed by atoms with E-state index in [0.29, 0.717) is 0 Å². The lowest BCUT2D eigenvalue weighted by molar-refractivity contribution is -0.141. The maximum Gasteiger partial charge on any atom is 0.328 e. The van der Waals surface area contributed by atoms with E-state index >= 15 is 0 Å². The zero-order chi connectivity index (χ0) is 21.3. The molecule has 13 nitrogen and oxygen atoms in total. The van der Waals surface area contributed by atoms with Gasteiger partial charge in [0.25, 0.3) is 5.91 Å². The van der Waals surface area contributed by atoms with Gasteiger partial charge in [-0.05, 0) is 6.92 Å². The molecule has 0 aromatic carbocycles. The third kappa shape index (κ3) is 8.59. The molecule has 0 aliphatic rings. The molecule has 0 fully saturated rings. The maximum atomic E-state index is 12.0. The number of aliphatic carboxylic acids is 1. The number of thiocarbonyl (C=S) groups is 1. The minimum absolute atomic E-state index is 0.200. The number of aliphatic hydroxyl groups excluding tert-OH is 2. The molecule has 4 unspecified atom stereocenters. The smallest absolute Gasteiger partial charge is 0.328 e. The van der Waals surface area contributed by atoms with Gasteiger partial charge in [-0.2, -0.15) is 0 Å². The highest BCUT2D eigenvalue weighted by molar-refractivity contribution is 7.80. The highest BCUT2D eigenvalue weighted by atomic mass is 32.1. The fraction of sp³-hybridized carbons (Fsp3) is 0.615. The number of likely N-dealkylation sites (N-methyl/N-ethyl adjacent to an activating group) is 1. The van der Waals surface area contributed by atoms with Crippen LogP contribution in [0.2, 0.25) is 0 Å². The van der Waals surface area contributed by atoms with Crippen molar-refractivity contribution in [3.63, 3.8) is 0 Å². The lowest BCUT2D eigenvalue weighted by atomic mass is 10.2. The van der Waals surface area contributed by atoms with Crippen molar-refractivity contribution in [1.82, 2.24) is 21.1 Å². The van der Waals surface area contributed by atoms with Crippen LogP contribution in [-0.4, -0.2) is 87.0 Å². The van der Waals surface area contributed by atoms with Crippen LogP contribution in [0.5, 0.6) is 0 Å². The maximum absolute atomic E-state index is 12.0. The molecule has 0 aromatic rings. The first-order valence-corrected chi connectivity index (χ1v) is 8.02. The fourth-order valence-corrected chi connectivity index (χ4v) is 2.04. The molecule has 4 atom stereocenters. The summed E-state index contributed by atoms with van der Waals surface area (Å²) in [7, 11) is 1.25. The average molecular weight is 408 g/mol. The van der Waals surface area contributed by atoms with E-state index in [-0.39, 0.29) is 4.99 Å². The minimum Gasteiger partial charge on any atom is -0.480 e. The van der Waals surface area contributed by atoms with E-state index in [9.17, 15) is 24.3 Å². The summed E-state index contributed by atoms with van der Waals surface area (Å²) in [5.41, 5.74) is 12.9. The number of nitrogens with one attached hydrogen (secondary N) is 3. The molecule has 0 spiro atoms. The van der Waals surface area contributed by atoms with E-state index in [0.717, 1.165) is 11.9 Å². The summed E-state index contributed by atoms with van der Waals surface area (Å²) >= 11 is 5.02. The molecule has 0 radical (unpaired) electrons. The highest BCUT2D eigenvalue weighted by Crippen LogP contribution is 1.98. The predicted molar refractivity (Wildman–Crippen MR) is 95.9 cm³/mol. The van der Waals surface area contributed by atoms with Crippen LogP contribution in [0, 0.1) is 0 Å². The van der Waals surface area contributed by atoms with Crippen molar-refractivity contribution < 1.29 is 34.5 Å². The Morgan fingerprint density at radius 3 is 2.19 bits per heavy atom. The van der Waals surface area contributed by atoms with E-state index in [1.807, 2.05) is 5.32 Å². The van der Waals surface area contributed by atoms with Crippen molar-refractivity contribution in [2.24, 2.45) is 11.5 Å². The Kier molecular flexibility index (Phi) is 10.2. The number of aliphatic hydroxyl groups is 2. The van der Waals surface area contributed by atoms with Crippen molar-refractivity contribution >= 4 is 41.0 Å². The summed E-state index contributed by atoms with van der Waals surface area (Å²) in [5, 5.41) is 32.3. The summed E-state index contributed by atoms with van der Waals surface area (Å²) in [6, 6.07) is -5.05. The predicted octanol–water partition coefficient (Wildman–Crippen LogP) is -4.03. The zero-order valence-corrected chi connectivity index (χ0v) is 15.5. The molecule has 154 valence electrons. The molecule has 10 N–H and O–H groups in total. The number of nitrogens with two attached hydrogens (primary N) is 2. The number of carboxylic acid groups (broad SMARTS) is 1. The van der Waals surface area contributed by atoms with Gasteiger partial charge in [0, 0.05) is 7.05 Å². The minimum atomic E-state index is -1.60. The van der Waals surface area contributed by atoms with Gasteiger partial charge in [-0.25, -0.2) is 9.59 Å². The number of hydrazine groups is 1. The molecule has 0 heterocycles. The number of carbonyl (C=O) groups is 4. The summed E-state index contributed by atoms with van der Waals surface area (Å²) in [4.78, 5) is 45.8. The Morgan fingerprint density at radius 1 is 1.22 bits per heavy atom. The number of primary amides is 1. The van der Waals surface area contributed by atoms with Gasteiger partial charge in [0.1, 0.15) is 11.0 Å². The van der Waals surface area contributed by atoms with Crippen molar-refractivity contribution in [2.45, 2.75) is 37.6 Å². The van der Waals surface area contributed by atoms with Crippen LogP contribution in [0.1, 0.15) is 13.3 Å². The number of rotatable bonds is 9. The lowest BCUT2D eigenvalue weighted by Gasteiger charge is -2.27. The van der Waals surface area contributed by atoms with E-state index in [4.69, 9.17) is 33.9 Å². The molecule has 27 heavy (non-hydrogen) atoms. The number of carbonyl (C=O) groups excluding carboxylic acids is 3. The molecular weight excluding hydrogens is 384 g/mol. The van der Waals surface area contributed by atoms with Crippen molar-refractivity contribution in [1.29, 1.82) is 0 Å². The second-order valence-electron chi connectivity index (χ2n) is 5.56. The SMILES string of the molecule is CC(O)C(NC(=O)NC(CC(N)=O)C(=S)NN(C)C(=O)C(N)CO)C(=O)O. The van der Waals surface area contributed by atoms with Gasteiger partial charge < -0.3 is 37.4 Å². The topological polar surface area (TPSA) is 220 Å². The van der Waals surface area contributed by atoms with E-state index in [1.165, 1.54) is 7.05 Å². The van der Waals surface area contributed by atoms with Crippen LogP contribution in [0.3, 0.4) is 0 Å². The van der Waals surface area contributed by atoms with Crippen LogP contribution in [-0.2, 0) is 14.4 Å². The Labute approximate surface area is 160 Å². The van der Waals surface area contributed by atoms with Crippen molar-refractivity contribution in [3.05, 3.63) is 0 Å². The molecule has 4 amide bonds. The number of hydrogen-bond acceptors (Lipinski definition) is 8. The van der Waals surface area contributed by atoms with E-state index in [1.54, 1.807) is 0 Å². The number of amides is 4. The van der Waals surface area contributed by atoms with E-state index in [2.05, 4.69) is 10.7 Å². The molecule has 0 rings (SSSR count). The molecule has 0 aliphatic heterocycles. The highest BCUT2D eigenvalue weighted by Gasteiger charge is 2.28. The largest absolute Gasteiger partial charge is 0.480 e. The monoisotopic (exact) mass is 408 g/mol. The number of urea groups is 1. The van der Waals surface area contributed by atoms with Gasteiger partial charge >= 0.3 is 12.0 Å². The second-order valence-corrected chi connectivity index (χ2v) is 6.00. The molecule has 0 bridgehead atoms. The van der Waals surface area contributed by atoms with Gasteiger partial charge in [0.15, 0.2) is 6.04 Å². The Morgan fingerprint density at radius 2 is 1.78 bits per heavy atom. The Bertz CT molecular complexity index is 588. The van der Waals surface area contributed by atoms with Crippen LogP contribution < -0.4 is 27.5 Å². The second kappa shape index (κ2) is 11.2. The molecule has 0 saturated heterocycles. The van der Waals surface area contributed by atoms with Crippen LogP contribution in [0.15, 0.2) is 0 Å². The molecule has 0 aromatic heterocycles. The molecular formula is C13H24N6O7S. The Hall–Kier alpha value is -2.55. The summed E-state index contributed by atoms with van der Waals surface area (Å²) in [6.45, 7) is 0.552. The van der Waals surface area contributed by atoms with Gasteiger partial charge in [-0.3, -0.25) is 20.0 Å². The first-order chi connectivity index (χ1) is 12.4. The normalized spacial score (nSPS) is 14.9. The molecule has 14 heteroatoms. The van der Waals surface area contributed by atoms with Crippen LogP contribution in [0.4, 0.5) is 4.79 Å². The average Bonchev–Trinajstić information content (AvgIpc) is 2.56. The first kappa shape index (κ1) is 24.5. The lowest BCUT2D eigenvalue weighted by Crippen LogP contribution is -2.59. The summed E-state index contributed by atoms with van der Waals surface area (Å²) < 4.78 is 0. The summed E-state index contributed by atoms with van der Waals surface area (Å²) in [6.07, 6.45) is -1.85. The number of nitrogens with zero attached hydrogens (tertiary/aromatic N) is 1. The first-order valence-electron chi connectivity index (χ1n) is 7.61. The van der Waals surface area contributed by atoms with Crippen molar-refractivity contribution in [2.75, 3.05) is 13.7 Å². The third-order valence-electron chi connectivity index (χ3n) is 3.18. The quantitative estimate of drug-likeness (QED) is 0.136. The molecule has 0 aliphatic carbocycles. The number of hydrogen-bond donors (Lipinski definition) is 8. The van der Waals surface area contributed by atoms with Crippen LogP contribution >= 0.6 is 12.2 Å². The standard InChI is InChI=1S/C13H24N6O7S/c1-5(21)9(12(24)25)17-13(26)16-7(3-8(15)22)10(27)18-19(2)11(23)6(14)4-20/h5-7,9,20-21H,3-4,14H2,1-2H3,(H2,15,22)(H,18,27)(H,24,25)(H2,16,17,26).